The van der Waals surface area contributed by atoms with E-state index < -0.39 is 11.9 Å². The van der Waals surface area contributed by atoms with Crippen LogP contribution in [0.4, 0.5) is 5.69 Å². The van der Waals surface area contributed by atoms with Gasteiger partial charge >= 0.3 is 5.97 Å². The number of carbonyl (C=O) groups excluding carboxylic acids is 1. The summed E-state index contributed by atoms with van der Waals surface area (Å²) < 4.78 is 0. The van der Waals surface area contributed by atoms with Crippen molar-refractivity contribution >= 4 is 17.6 Å². The highest BCUT2D eigenvalue weighted by Gasteiger charge is 2.44. The first-order valence-electron chi connectivity index (χ1n) is 9.84. The zero-order valence-corrected chi connectivity index (χ0v) is 16.3. The van der Waals surface area contributed by atoms with E-state index in [-0.39, 0.29) is 24.3 Å². The molecule has 1 amide bonds. The van der Waals surface area contributed by atoms with Crippen molar-refractivity contribution in [3.63, 3.8) is 0 Å². The third-order valence-electron chi connectivity index (χ3n) is 6.10. The molecular weight excluding hydrogens is 352 g/mol. The predicted octanol–water partition coefficient (Wildman–Crippen LogP) is 3.39. The maximum absolute atomic E-state index is 13.4. The van der Waals surface area contributed by atoms with Crippen LogP contribution in [-0.2, 0) is 9.59 Å². The standard InChI is InChI=1S/C23H26N2O3/c1-15-8-9-20-18(12-15)19-14-24(2)11-10-21(19)25(20)22(26)13-17(23(27)28)16-6-4-3-5-7-16/h3-9,12,17,19,21H,10-11,13-14H2,1-2H3,(H,27,28)/t17?,19-,21-/m1/s1. The number of carbonyl (C=O) groups is 2. The number of amides is 1. The van der Waals surface area contributed by atoms with Gasteiger partial charge in [0.1, 0.15) is 0 Å². The lowest BCUT2D eigenvalue weighted by atomic mass is 9.88. The minimum Gasteiger partial charge on any atom is -0.481 e. The number of likely N-dealkylation sites (tertiary alicyclic amines) is 1. The molecule has 0 bridgehead atoms. The van der Waals surface area contributed by atoms with Gasteiger partial charge in [-0.3, -0.25) is 9.59 Å². The molecule has 2 aliphatic rings. The van der Waals surface area contributed by atoms with Crippen LogP contribution >= 0.6 is 0 Å². The highest BCUT2D eigenvalue weighted by molar-refractivity contribution is 5.99. The maximum atomic E-state index is 13.4. The number of hydrogen-bond donors (Lipinski definition) is 1. The number of benzene rings is 2. The topological polar surface area (TPSA) is 60.9 Å². The molecule has 1 unspecified atom stereocenters. The summed E-state index contributed by atoms with van der Waals surface area (Å²) in [5.74, 6) is -1.59. The van der Waals surface area contributed by atoms with Crippen molar-refractivity contribution in [2.45, 2.75) is 37.6 Å². The summed E-state index contributed by atoms with van der Waals surface area (Å²) in [6.45, 7) is 3.94. The average Bonchev–Trinajstić information content (AvgIpc) is 2.99. The summed E-state index contributed by atoms with van der Waals surface area (Å²) in [6.07, 6.45) is 0.884. The van der Waals surface area contributed by atoms with Crippen molar-refractivity contribution in [3.05, 3.63) is 65.2 Å². The van der Waals surface area contributed by atoms with Crippen LogP contribution in [0.3, 0.4) is 0 Å². The number of piperidine rings is 1. The highest BCUT2D eigenvalue weighted by Crippen LogP contribution is 2.45. The first-order valence-corrected chi connectivity index (χ1v) is 9.84. The van der Waals surface area contributed by atoms with Gasteiger partial charge in [0.05, 0.1) is 5.92 Å². The van der Waals surface area contributed by atoms with E-state index in [1.165, 1.54) is 11.1 Å². The Hall–Kier alpha value is -2.66. The first-order chi connectivity index (χ1) is 13.5. The molecule has 0 aromatic heterocycles. The summed E-state index contributed by atoms with van der Waals surface area (Å²) in [7, 11) is 2.12. The molecule has 5 nitrogen and oxygen atoms in total. The first kappa shape index (κ1) is 18.7. The van der Waals surface area contributed by atoms with Gasteiger partial charge in [-0.1, -0.05) is 48.0 Å². The summed E-state index contributed by atoms with van der Waals surface area (Å²) in [6, 6.07) is 15.4. The molecule has 0 radical (unpaired) electrons. The van der Waals surface area contributed by atoms with Gasteiger partial charge in [-0.05, 0) is 44.1 Å². The maximum Gasteiger partial charge on any atom is 0.311 e. The minimum absolute atomic E-state index is 0.0221. The van der Waals surface area contributed by atoms with Gasteiger partial charge in [0.25, 0.3) is 0 Å². The Balaban J connectivity index is 1.66. The Morgan fingerprint density at radius 2 is 1.93 bits per heavy atom. The Morgan fingerprint density at radius 1 is 1.18 bits per heavy atom. The molecule has 2 aromatic carbocycles. The molecule has 0 spiro atoms. The predicted molar refractivity (Wildman–Crippen MR) is 109 cm³/mol. The number of aliphatic carboxylic acids is 1. The van der Waals surface area contributed by atoms with Crippen LogP contribution in [0.5, 0.6) is 0 Å². The van der Waals surface area contributed by atoms with Crippen LogP contribution in [0.25, 0.3) is 0 Å². The SMILES string of the molecule is Cc1ccc2c(c1)[C@H]1CN(C)CC[C@H]1N2C(=O)CC(C(=O)O)c1ccccc1. The molecule has 0 aliphatic carbocycles. The number of carboxylic acid groups (broad SMARTS) is 1. The van der Waals surface area contributed by atoms with E-state index in [4.69, 9.17) is 0 Å². The van der Waals surface area contributed by atoms with Crippen LogP contribution < -0.4 is 4.90 Å². The Bertz CT molecular complexity index is 896. The van der Waals surface area contributed by atoms with Crippen LogP contribution in [0.15, 0.2) is 48.5 Å². The number of carboxylic acids is 1. The van der Waals surface area contributed by atoms with Gasteiger partial charge in [-0.2, -0.15) is 0 Å². The second-order valence-corrected chi connectivity index (χ2v) is 8.06. The number of fused-ring (bicyclic) bond motifs is 3. The molecule has 2 aromatic rings. The van der Waals surface area contributed by atoms with E-state index in [1.807, 2.05) is 35.2 Å². The van der Waals surface area contributed by atoms with Gasteiger partial charge < -0.3 is 14.9 Å². The normalized spacial score (nSPS) is 22.4. The smallest absolute Gasteiger partial charge is 0.311 e. The molecule has 0 saturated carbocycles. The zero-order chi connectivity index (χ0) is 19.8. The van der Waals surface area contributed by atoms with Crippen molar-refractivity contribution < 1.29 is 14.7 Å². The van der Waals surface area contributed by atoms with Crippen molar-refractivity contribution in [1.29, 1.82) is 0 Å². The second kappa shape index (κ2) is 7.40. The van der Waals surface area contributed by atoms with Crippen LogP contribution in [0.1, 0.15) is 41.4 Å². The molecule has 146 valence electrons. The van der Waals surface area contributed by atoms with Crippen molar-refractivity contribution in [1.82, 2.24) is 4.90 Å². The second-order valence-electron chi connectivity index (χ2n) is 8.06. The minimum atomic E-state index is -0.956. The Labute approximate surface area is 165 Å². The van der Waals surface area contributed by atoms with Gasteiger partial charge in [0.2, 0.25) is 5.91 Å². The van der Waals surface area contributed by atoms with E-state index in [0.717, 1.165) is 25.2 Å². The van der Waals surface area contributed by atoms with E-state index in [1.54, 1.807) is 12.1 Å². The van der Waals surface area contributed by atoms with E-state index in [0.29, 0.717) is 5.56 Å². The molecule has 2 heterocycles. The Morgan fingerprint density at radius 3 is 2.64 bits per heavy atom. The van der Waals surface area contributed by atoms with E-state index in [2.05, 4.69) is 24.9 Å². The van der Waals surface area contributed by atoms with Gasteiger partial charge in [-0.25, -0.2) is 0 Å². The molecule has 1 fully saturated rings. The van der Waals surface area contributed by atoms with E-state index in [9.17, 15) is 14.7 Å². The molecule has 1 saturated heterocycles. The molecule has 4 rings (SSSR count). The fourth-order valence-electron chi connectivity index (χ4n) is 4.71. The molecule has 3 atom stereocenters. The number of likely N-dealkylation sites (N-methyl/N-ethyl adjacent to an activating group) is 1. The monoisotopic (exact) mass is 378 g/mol. The van der Waals surface area contributed by atoms with E-state index >= 15 is 0 Å². The summed E-state index contributed by atoms with van der Waals surface area (Å²) in [5, 5.41) is 9.74. The summed E-state index contributed by atoms with van der Waals surface area (Å²) >= 11 is 0. The van der Waals surface area contributed by atoms with Crippen molar-refractivity contribution in [2.75, 3.05) is 25.0 Å². The van der Waals surface area contributed by atoms with Crippen LogP contribution in [0.2, 0.25) is 0 Å². The van der Waals surface area contributed by atoms with Gasteiger partial charge in [0.15, 0.2) is 0 Å². The van der Waals surface area contributed by atoms with Gasteiger partial charge in [0, 0.05) is 30.6 Å². The lowest BCUT2D eigenvalue weighted by molar-refractivity contribution is -0.140. The number of anilines is 1. The zero-order valence-electron chi connectivity index (χ0n) is 16.3. The fourth-order valence-corrected chi connectivity index (χ4v) is 4.71. The van der Waals surface area contributed by atoms with Crippen LogP contribution in [0, 0.1) is 6.92 Å². The number of aryl methyl sites for hydroxylation is 1. The largest absolute Gasteiger partial charge is 0.481 e. The van der Waals surface area contributed by atoms with Crippen molar-refractivity contribution in [2.24, 2.45) is 0 Å². The summed E-state index contributed by atoms with van der Waals surface area (Å²) in [4.78, 5) is 29.5. The molecule has 1 N–H and O–H groups in total. The third kappa shape index (κ3) is 3.31. The van der Waals surface area contributed by atoms with Gasteiger partial charge in [-0.15, -0.1) is 0 Å². The highest BCUT2D eigenvalue weighted by atomic mass is 16.4. The quantitative estimate of drug-likeness (QED) is 0.886. The molecular formula is C23H26N2O3. The number of nitrogens with zero attached hydrogens (tertiary/aromatic N) is 2. The summed E-state index contributed by atoms with van der Waals surface area (Å²) in [5.41, 5.74) is 4.04. The molecule has 28 heavy (non-hydrogen) atoms. The number of rotatable bonds is 4. The lowest BCUT2D eigenvalue weighted by Gasteiger charge is -2.36. The Kier molecular flexibility index (Phi) is 4.94. The fraction of sp³-hybridized carbons (Fsp3) is 0.391. The number of hydrogen-bond acceptors (Lipinski definition) is 3. The molecule has 5 heteroatoms. The van der Waals surface area contributed by atoms with Crippen molar-refractivity contribution in [3.8, 4) is 0 Å². The lowest BCUT2D eigenvalue weighted by Crippen LogP contribution is -2.47. The van der Waals surface area contributed by atoms with Crippen LogP contribution in [-0.4, -0.2) is 48.1 Å². The average molecular weight is 378 g/mol. The third-order valence-corrected chi connectivity index (χ3v) is 6.10. The molecule has 2 aliphatic heterocycles.